The van der Waals surface area contributed by atoms with E-state index in [0.29, 0.717) is 18.9 Å². The van der Waals surface area contributed by atoms with Crippen molar-refractivity contribution in [1.82, 2.24) is 19.9 Å². The zero-order valence-electron chi connectivity index (χ0n) is 14.6. The lowest BCUT2D eigenvalue weighted by atomic mass is 10.2. The van der Waals surface area contributed by atoms with Crippen molar-refractivity contribution in [1.29, 1.82) is 0 Å². The molecule has 0 aliphatic carbocycles. The lowest BCUT2D eigenvalue weighted by Gasteiger charge is -2.35. The highest BCUT2D eigenvalue weighted by molar-refractivity contribution is 5.78. The lowest BCUT2D eigenvalue weighted by molar-refractivity contribution is -0.131. The number of hydrogen-bond acceptors (Lipinski definition) is 5. The molecule has 134 valence electrons. The first kappa shape index (κ1) is 16.4. The first-order valence-corrected chi connectivity index (χ1v) is 8.92. The molecule has 0 saturated carbocycles. The number of nitrogens with one attached hydrogen (secondary N) is 2. The smallest absolute Gasteiger partial charge is 0.224 e. The average Bonchev–Trinajstić information content (AvgIpc) is 3.11. The lowest BCUT2D eigenvalue weighted by Crippen LogP contribution is -2.49. The fourth-order valence-electron chi connectivity index (χ4n) is 3.21. The van der Waals surface area contributed by atoms with Gasteiger partial charge in [0, 0.05) is 45.3 Å². The maximum Gasteiger partial charge on any atom is 0.224 e. The van der Waals surface area contributed by atoms with Crippen molar-refractivity contribution in [3.63, 3.8) is 0 Å². The Balaban J connectivity index is 1.24. The van der Waals surface area contributed by atoms with Gasteiger partial charge < -0.3 is 20.1 Å². The van der Waals surface area contributed by atoms with Crippen molar-refractivity contribution in [2.24, 2.45) is 0 Å². The highest BCUT2D eigenvalue weighted by Gasteiger charge is 2.21. The van der Waals surface area contributed by atoms with Gasteiger partial charge in [0.2, 0.25) is 11.9 Å². The minimum atomic E-state index is 0.175. The number of aromatic amines is 1. The number of fused-ring (bicyclic) bond motifs is 1. The van der Waals surface area contributed by atoms with E-state index in [9.17, 15) is 4.79 Å². The van der Waals surface area contributed by atoms with Gasteiger partial charge in [-0.2, -0.15) is 0 Å². The van der Waals surface area contributed by atoms with Crippen molar-refractivity contribution < 1.29 is 4.79 Å². The second-order valence-electron chi connectivity index (χ2n) is 6.34. The van der Waals surface area contributed by atoms with Crippen LogP contribution < -0.4 is 10.2 Å². The summed E-state index contributed by atoms with van der Waals surface area (Å²) in [6.45, 7) is 3.68. The third-order valence-corrected chi connectivity index (χ3v) is 4.63. The standard InChI is InChI=1S/C19H22N6O/c26-18(8-10-21-19-22-15-5-1-2-6-16(15)23-19)25-13-11-24(12-14-25)17-7-3-4-9-20-17/h1-7,9H,8,10-14H2,(H2,21,22,23). The second kappa shape index (κ2) is 7.43. The molecule has 0 atom stereocenters. The number of anilines is 2. The van der Waals surface area contributed by atoms with E-state index in [1.165, 1.54) is 0 Å². The number of H-pyrrole nitrogens is 1. The molecule has 1 amide bonds. The molecule has 2 aromatic heterocycles. The van der Waals surface area contributed by atoms with E-state index in [4.69, 9.17) is 0 Å². The van der Waals surface area contributed by atoms with Gasteiger partial charge in [0.25, 0.3) is 0 Å². The van der Waals surface area contributed by atoms with Gasteiger partial charge in [-0.3, -0.25) is 4.79 Å². The normalized spacial score (nSPS) is 14.6. The SMILES string of the molecule is O=C(CCNc1nc2ccccc2[nH]1)N1CCN(c2ccccn2)CC1. The highest BCUT2D eigenvalue weighted by Crippen LogP contribution is 2.14. The van der Waals surface area contributed by atoms with Gasteiger partial charge in [0.05, 0.1) is 11.0 Å². The molecule has 3 heterocycles. The number of hydrogen-bond donors (Lipinski definition) is 2. The zero-order chi connectivity index (χ0) is 17.8. The molecule has 4 rings (SSSR count). The highest BCUT2D eigenvalue weighted by atomic mass is 16.2. The molecule has 1 aliphatic rings. The monoisotopic (exact) mass is 350 g/mol. The molecule has 1 aromatic carbocycles. The third kappa shape index (κ3) is 3.61. The summed E-state index contributed by atoms with van der Waals surface area (Å²) in [6.07, 6.45) is 2.26. The van der Waals surface area contributed by atoms with Crippen LogP contribution >= 0.6 is 0 Å². The zero-order valence-corrected chi connectivity index (χ0v) is 14.6. The van der Waals surface area contributed by atoms with Gasteiger partial charge in [-0.15, -0.1) is 0 Å². The fourth-order valence-corrected chi connectivity index (χ4v) is 3.21. The molecule has 3 aromatic rings. The van der Waals surface area contributed by atoms with Gasteiger partial charge in [-0.05, 0) is 24.3 Å². The van der Waals surface area contributed by atoms with Gasteiger partial charge >= 0.3 is 0 Å². The van der Waals surface area contributed by atoms with Gasteiger partial charge in [-0.25, -0.2) is 9.97 Å². The number of pyridine rings is 1. The number of imidazole rings is 1. The predicted octanol–water partition coefficient (Wildman–Crippen LogP) is 2.11. The van der Waals surface area contributed by atoms with Crippen LogP contribution in [0.3, 0.4) is 0 Å². The molecule has 7 heteroatoms. The quantitative estimate of drug-likeness (QED) is 0.737. The Hall–Kier alpha value is -3.09. The predicted molar refractivity (Wildman–Crippen MR) is 102 cm³/mol. The van der Waals surface area contributed by atoms with Crippen molar-refractivity contribution >= 4 is 28.7 Å². The number of amides is 1. The summed E-state index contributed by atoms with van der Waals surface area (Å²) in [5.74, 6) is 1.86. The molecule has 1 aliphatic heterocycles. The molecule has 2 N–H and O–H groups in total. The van der Waals surface area contributed by atoms with Crippen LogP contribution in [0.1, 0.15) is 6.42 Å². The summed E-state index contributed by atoms with van der Waals surface area (Å²) in [5, 5.41) is 3.20. The van der Waals surface area contributed by atoms with Crippen LogP contribution in [0, 0.1) is 0 Å². The number of benzene rings is 1. The number of carbonyl (C=O) groups is 1. The Morgan fingerprint density at radius 1 is 1.08 bits per heavy atom. The van der Waals surface area contributed by atoms with Gasteiger partial charge in [0.15, 0.2) is 0 Å². The Morgan fingerprint density at radius 2 is 1.88 bits per heavy atom. The van der Waals surface area contributed by atoms with Crippen LogP contribution in [0.15, 0.2) is 48.7 Å². The molecule has 1 fully saturated rings. The fraction of sp³-hybridized carbons (Fsp3) is 0.316. The van der Waals surface area contributed by atoms with Gasteiger partial charge in [0.1, 0.15) is 5.82 Å². The molecular weight excluding hydrogens is 328 g/mol. The van der Waals surface area contributed by atoms with E-state index in [0.717, 1.165) is 43.0 Å². The number of carbonyl (C=O) groups excluding carboxylic acids is 1. The Bertz CT molecular complexity index is 837. The van der Waals surface area contributed by atoms with Crippen molar-refractivity contribution in [3.8, 4) is 0 Å². The summed E-state index contributed by atoms with van der Waals surface area (Å²) in [5.41, 5.74) is 1.92. The van der Waals surface area contributed by atoms with Crippen LogP contribution in [-0.2, 0) is 4.79 Å². The molecule has 26 heavy (non-hydrogen) atoms. The van der Waals surface area contributed by atoms with Crippen molar-refractivity contribution in [2.45, 2.75) is 6.42 Å². The van der Waals surface area contributed by atoms with Crippen LogP contribution in [-0.4, -0.2) is 58.5 Å². The molecule has 0 radical (unpaired) electrons. The summed E-state index contributed by atoms with van der Waals surface area (Å²) < 4.78 is 0. The molecule has 0 bridgehead atoms. The summed E-state index contributed by atoms with van der Waals surface area (Å²) in [7, 11) is 0. The minimum absolute atomic E-state index is 0.175. The second-order valence-corrected chi connectivity index (χ2v) is 6.34. The van der Waals surface area contributed by atoms with E-state index in [2.05, 4.69) is 25.2 Å². The Morgan fingerprint density at radius 3 is 2.65 bits per heavy atom. The average molecular weight is 350 g/mol. The number of piperazine rings is 1. The van der Waals surface area contributed by atoms with E-state index in [1.54, 1.807) is 6.20 Å². The van der Waals surface area contributed by atoms with Crippen molar-refractivity contribution in [3.05, 3.63) is 48.7 Å². The topological polar surface area (TPSA) is 77.2 Å². The number of nitrogens with zero attached hydrogens (tertiary/aromatic N) is 4. The summed E-state index contributed by atoms with van der Waals surface area (Å²) >= 11 is 0. The van der Waals surface area contributed by atoms with Crippen LogP contribution in [0.4, 0.5) is 11.8 Å². The van der Waals surface area contributed by atoms with Crippen molar-refractivity contribution in [2.75, 3.05) is 42.9 Å². The number of para-hydroxylation sites is 2. The Labute approximate surface area is 152 Å². The minimum Gasteiger partial charge on any atom is -0.355 e. The van der Waals surface area contributed by atoms with Crippen LogP contribution in [0.25, 0.3) is 11.0 Å². The van der Waals surface area contributed by atoms with E-state index >= 15 is 0 Å². The third-order valence-electron chi connectivity index (χ3n) is 4.63. The van der Waals surface area contributed by atoms with Crippen LogP contribution in [0.5, 0.6) is 0 Å². The number of rotatable bonds is 5. The summed E-state index contributed by atoms with van der Waals surface area (Å²) in [6, 6.07) is 13.8. The first-order valence-electron chi connectivity index (χ1n) is 8.92. The maximum absolute atomic E-state index is 12.4. The van der Waals surface area contributed by atoms with E-state index < -0.39 is 0 Å². The number of aromatic nitrogens is 3. The molecule has 1 saturated heterocycles. The molecule has 0 unspecified atom stereocenters. The largest absolute Gasteiger partial charge is 0.355 e. The van der Waals surface area contributed by atoms with E-state index in [-0.39, 0.29) is 5.91 Å². The molecule has 0 spiro atoms. The summed E-state index contributed by atoms with van der Waals surface area (Å²) in [4.78, 5) is 28.6. The molecular formula is C19H22N6O. The van der Waals surface area contributed by atoms with Gasteiger partial charge in [-0.1, -0.05) is 18.2 Å². The van der Waals surface area contributed by atoms with E-state index in [1.807, 2.05) is 47.4 Å². The first-order chi connectivity index (χ1) is 12.8. The maximum atomic E-state index is 12.4. The Kier molecular flexibility index (Phi) is 4.68. The van der Waals surface area contributed by atoms with Crippen LogP contribution in [0.2, 0.25) is 0 Å². The molecule has 7 nitrogen and oxygen atoms in total.